The number of thioether (sulfide) groups is 1. The molecule has 1 aromatic heterocycles. The zero-order valence-corrected chi connectivity index (χ0v) is 12.2. The number of pyridine rings is 1. The van der Waals surface area contributed by atoms with Crippen LogP contribution in [0.25, 0.3) is 0 Å². The van der Waals surface area contributed by atoms with Crippen LogP contribution in [-0.4, -0.2) is 41.0 Å². The molecule has 3 nitrogen and oxygen atoms in total. The minimum Gasteiger partial charge on any atom is -0.385 e. The number of rotatable bonds is 5. The monoisotopic (exact) mass is 265 g/mol. The van der Waals surface area contributed by atoms with E-state index in [4.69, 9.17) is 0 Å². The van der Waals surface area contributed by atoms with Crippen LogP contribution in [0.15, 0.2) is 18.3 Å². The molecule has 1 aliphatic rings. The number of hydrogen-bond acceptors (Lipinski definition) is 4. The van der Waals surface area contributed by atoms with Crippen molar-refractivity contribution < 1.29 is 0 Å². The van der Waals surface area contributed by atoms with Crippen LogP contribution in [0.2, 0.25) is 0 Å². The van der Waals surface area contributed by atoms with Gasteiger partial charge < -0.3 is 5.32 Å². The van der Waals surface area contributed by atoms with Gasteiger partial charge in [-0.2, -0.15) is 11.8 Å². The molecule has 0 aliphatic carbocycles. The maximum absolute atomic E-state index is 4.47. The number of nitrogens with zero attached hydrogens (tertiary/aromatic N) is 2. The van der Waals surface area contributed by atoms with E-state index >= 15 is 0 Å². The summed E-state index contributed by atoms with van der Waals surface area (Å²) in [6.45, 7) is 6.48. The van der Waals surface area contributed by atoms with Gasteiger partial charge in [-0.1, -0.05) is 0 Å². The predicted octanol–water partition coefficient (Wildman–Crippen LogP) is 2.84. The van der Waals surface area contributed by atoms with Gasteiger partial charge in [0.1, 0.15) is 0 Å². The summed E-state index contributed by atoms with van der Waals surface area (Å²) in [7, 11) is 0. The molecule has 18 heavy (non-hydrogen) atoms. The van der Waals surface area contributed by atoms with Gasteiger partial charge in [0.05, 0.1) is 5.69 Å². The summed E-state index contributed by atoms with van der Waals surface area (Å²) in [5, 5.41) is 4.20. The smallest absolute Gasteiger partial charge is 0.0564 e. The second-order valence-corrected chi connectivity index (χ2v) is 5.92. The number of likely N-dealkylation sites (tertiary alicyclic amines) is 1. The Morgan fingerprint density at radius 3 is 2.89 bits per heavy atom. The van der Waals surface area contributed by atoms with Crippen LogP contribution in [0.5, 0.6) is 0 Å². The van der Waals surface area contributed by atoms with E-state index in [0.29, 0.717) is 0 Å². The molecule has 0 aromatic carbocycles. The number of hydrogen-bond donors (Lipinski definition) is 1. The summed E-state index contributed by atoms with van der Waals surface area (Å²) in [4.78, 5) is 6.99. The molecule has 0 amide bonds. The fraction of sp³-hybridized carbons (Fsp3) is 0.643. The predicted molar refractivity (Wildman–Crippen MR) is 80.2 cm³/mol. The zero-order valence-electron chi connectivity index (χ0n) is 11.4. The normalized spacial score (nSPS) is 17.9. The van der Waals surface area contributed by atoms with E-state index < -0.39 is 0 Å². The third-order valence-electron chi connectivity index (χ3n) is 3.45. The van der Waals surface area contributed by atoms with Gasteiger partial charge in [-0.05, 0) is 51.2 Å². The molecule has 0 spiro atoms. The molecule has 0 atom stereocenters. The molecular weight excluding hydrogens is 242 g/mol. The summed E-state index contributed by atoms with van der Waals surface area (Å²) in [6.07, 6.45) is 6.76. The van der Waals surface area contributed by atoms with Crippen LogP contribution < -0.4 is 5.32 Å². The number of nitrogens with one attached hydrogen (secondary N) is 1. The SMILES string of the molecule is CCNc1ccnc(CN2CCC(SC)CC2)c1. The summed E-state index contributed by atoms with van der Waals surface area (Å²) < 4.78 is 0. The molecule has 2 rings (SSSR count). The first kappa shape index (κ1) is 13.7. The standard InChI is InChI=1S/C14H23N3S/c1-3-15-12-4-7-16-13(10-12)11-17-8-5-14(18-2)6-9-17/h4,7,10,14H,3,5-6,8-9,11H2,1-2H3,(H,15,16). The van der Waals surface area contributed by atoms with E-state index in [1.165, 1.54) is 37.3 Å². The summed E-state index contributed by atoms with van der Waals surface area (Å²) in [5.41, 5.74) is 2.36. The lowest BCUT2D eigenvalue weighted by molar-refractivity contribution is 0.222. The van der Waals surface area contributed by atoms with Crippen LogP contribution in [0.4, 0.5) is 5.69 Å². The average Bonchev–Trinajstić information content (AvgIpc) is 2.40. The second-order valence-electron chi connectivity index (χ2n) is 4.78. The average molecular weight is 265 g/mol. The molecule has 1 saturated heterocycles. The Balaban J connectivity index is 1.87. The molecule has 1 aromatic rings. The Morgan fingerprint density at radius 1 is 1.44 bits per heavy atom. The first-order valence-corrected chi connectivity index (χ1v) is 8.04. The van der Waals surface area contributed by atoms with Crippen LogP contribution in [-0.2, 0) is 6.54 Å². The van der Waals surface area contributed by atoms with Gasteiger partial charge in [0.2, 0.25) is 0 Å². The number of anilines is 1. The summed E-state index contributed by atoms with van der Waals surface area (Å²) in [5.74, 6) is 0. The number of piperidine rings is 1. The fourth-order valence-electron chi connectivity index (χ4n) is 2.41. The van der Waals surface area contributed by atoms with Crippen molar-refractivity contribution in [3.8, 4) is 0 Å². The first-order valence-electron chi connectivity index (χ1n) is 6.75. The largest absolute Gasteiger partial charge is 0.385 e. The maximum Gasteiger partial charge on any atom is 0.0564 e. The van der Waals surface area contributed by atoms with Gasteiger partial charge in [0.25, 0.3) is 0 Å². The highest BCUT2D eigenvalue weighted by Crippen LogP contribution is 2.22. The molecule has 0 radical (unpaired) electrons. The van der Waals surface area contributed by atoms with Crippen molar-refractivity contribution in [1.29, 1.82) is 0 Å². The molecule has 2 heterocycles. The highest BCUT2D eigenvalue weighted by Gasteiger charge is 2.18. The molecule has 0 bridgehead atoms. The molecule has 0 saturated carbocycles. The van der Waals surface area contributed by atoms with Crippen molar-refractivity contribution >= 4 is 17.4 Å². The van der Waals surface area contributed by atoms with Crippen molar-refractivity contribution in [1.82, 2.24) is 9.88 Å². The molecule has 1 aliphatic heterocycles. The van der Waals surface area contributed by atoms with Crippen molar-refractivity contribution in [3.63, 3.8) is 0 Å². The summed E-state index contributed by atoms with van der Waals surface area (Å²) in [6, 6.07) is 4.21. The Labute approximate surface area is 114 Å². The Kier molecular flexibility index (Phi) is 5.32. The Hall–Kier alpha value is -0.740. The van der Waals surface area contributed by atoms with Gasteiger partial charge in [-0.3, -0.25) is 9.88 Å². The molecule has 1 fully saturated rings. The van der Waals surface area contributed by atoms with Gasteiger partial charge in [0.15, 0.2) is 0 Å². The van der Waals surface area contributed by atoms with E-state index in [1.807, 2.05) is 24.0 Å². The number of aromatic nitrogens is 1. The van der Waals surface area contributed by atoms with Crippen LogP contribution in [0, 0.1) is 0 Å². The molecule has 0 unspecified atom stereocenters. The maximum atomic E-state index is 4.47. The quantitative estimate of drug-likeness (QED) is 0.886. The van der Waals surface area contributed by atoms with Gasteiger partial charge >= 0.3 is 0 Å². The van der Waals surface area contributed by atoms with E-state index in [0.717, 1.165) is 18.3 Å². The highest BCUT2D eigenvalue weighted by atomic mass is 32.2. The third kappa shape index (κ3) is 3.89. The second kappa shape index (κ2) is 7.00. The van der Waals surface area contributed by atoms with Crippen LogP contribution >= 0.6 is 11.8 Å². The van der Waals surface area contributed by atoms with Crippen molar-refractivity contribution in [2.24, 2.45) is 0 Å². The molecule has 4 heteroatoms. The fourth-order valence-corrected chi connectivity index (χ4v) is 3.09. The minimum absolute atomic E-state index is 0.863. The Bertz CT molecular complexity index is 362. The first-order chi connectivity index (χ1) is 8.81. The van der Waals surface area contributed by atoms with Crippen molar-refractivity contribution in [2.45, 2.75) is 31.6 Å². The van der Waals surface area contributed by atoms with Gasteiger partial charge in [-0.15, -0.1) is 0 Å². The van der Waals surface area contributed by atoms with Gasteiger partial charge in [0, 0.05) is 30.2 Å². The van der Waals surface area contributed by atoms with E-state index in [9.17, 15) is 0 Å². The van der Waals surface area contributed by atoms with Gasteiger partial charge in [-0.25, -0.2) is 0 Å². The lowest BCUT2D eigenvalue weighted by Gasteiger charge is -2.30. The van der Waals surface area contributed by atoms with Crippen LogP contribution in [0.3, 0.4) is 0 Å². The van der Waals surface area contributed by atoms with Crippen molar-refractivity contribution in [3.05, 3.63) is 24.0 Å². The van der Waals surface area contributed by atoms with Crippen molar-refractivity contribution in [2.75, 3.05) is 31.2 Å². The lowest BCUT2D eigenvalue weighted by atomic mass is 10.1. The zero-order chi connectivity index (χ0) is 12.8. The Morgan fingerprint density at radius 2 is 2.22 bits per heavy atom. The third-order valence-corrected chi connectivity index (χ3v) is 4.59. The topological polar surface area (TPSA) is 28.2 Å². The summed E-state index contributed by atoms with van der Waals surface area (Å²) >= 11 is 2.01. The van der Waals surface area contributed by atoms with E-state index in [-0.39, 0.29) is 0 Å². The van der Waals surface area contributed by atoms with E-state index in [1.54, 1.807) is 0 Å². The lowest BCUT2D eigenvalue weighted by Crippen LogP contribution is -2.34. The highest BCUT2D eigenvalue weighted by molar-refractivity contribution is 7.99. The van der Waals surface area contributed by atoms with E-state index in [2.05, 4.69) is 34.4 Å². The molecular formula is C14H23N3S. The molecule has 1 N–H and O–H groups in total. The van der Waals surface area contributed by atoms with Crippen LogP contribution in [0.1, 0.15) is 25.5 Å². The molecule has 100 valence electrons. The minimum atomic E-state index is 0.863.